The van der Waals surface area contributed by atoms with Crippen molar-refractivity contribution in [3.8, 4) is 5.75 Å². The van der Waals surface area contributed by atoms with Gasteiger partial charge in [-0.25, -0.2) is 14.4 Å². The Labute approximate surface area is 163 Å². The number of hydrogen-bond acceptors (Lipinski definition) is 8. The van der Waals surface area contributed by atoms with Gasteiger partial charge in [0.15, 0.2) is 6.61 Å². The van der Waals surface area contributed by atoms with Crippen LogP contribution < -0.4 is 10.1 Å². The molecule has 0 aliphatic rings. The number of amides is 1. The van der Waals surface area contributed by atoms with Crippen LogP contribution in [0.5, 0.6) is 5.75 Å². The predicted octanol–water partition coefficient (Wildman–Crippen LogP) is 1.09. The highest BCUT2D eigenvalue weighted by atomic mass is 16.6. The standard InChI is InChI=1S/C19H25NO8/c1-5-25-16(22)12-28-15-10-8-9-14(11-15)19(20-13(4)21,17(23)26-6-2)18(24)27-7-3/h8-11H,5-7,12H2,1-4H3,(H,20,21). The second-order valence-corrected chi connectivity index (χ2v) is 5.49. The van der Waals surface area contributed by atoms with Crippen LogP contribution in [0.1, 0.15) is 33.3 Å². The van der Waals surface area contributed by atoms with Gasteiger partial charge in [0.1, 0.15) is 5.75 Å². The Kier molecular flexibility index (Phi) is 8.94. The van der Waals surface area contributed by atoms with E-state index in [1.54, 1.807) is 20.8 Å². The van der Waals surface area contributed by atoms with E-state index in [0.29, 0.717) is 0 Å². The van der Waals surface area contributed by atoms with Crippen molar-refractivity contribution in [2.45, 2.75) is 33.2 Å². The first-order chi connectivity index (χ1) is 13.3. The topological polar surface area (TPSA) is 117 Å². The van der Waals surface area contributed by atoms with Gasteiger partial charge < -0.3 is 24.3 Å². The van der Waals surface area contributed by atoms with Crippen LogP contribution in [0.3, 0.4) is 0 Å². The normalized spacial score (nSPS) is 10.6. The molecular weight excluding hydrogens is 370 g/mol. The molecular formula is C19H25NO8. The lowest BCUT2D eigenvalue weighted by atomic mass is 9.89. The number of carbonyl (C=O) groups excluding carboxylic acids is 4. The van der Waals surface area contributed by atoms with Crippen molar-refractivity contribution in [3.63, 3.8) is 0 Å². The van der Waals surface area contributed by atoms with Crippen LogP contribution in [0.2, 0.25) is 0 Å². The third-order valence-corrected chi connectivity index (χ3v) is 3.46. The number of benzene rings is 1. The Morgan fingerprint density at radius 3 is 2.00 bits per heavy atom. The Hall–Kier alpha value is -3.10. The fraction of sp³-hybridized carbons (Fsp3) is 0.474. The van der Waals surface area contributed by atoms with Gasteiger partial charge in [-0.15, -0.1) is 0 Å². The van der Waals surface area contributed by atoms with Crippen molar-refractivity contribution < 1.29 is 38.1 Å². The number of nitrogens with one attached hydrogen (secondary N) is 1. The Balaban J connectivity index is 3.37. The number of ether oxygens (including phenoxy) is 4. The van der Waals surface area contributed by atoms with Gasteiger partial charge in [-0.2, -0.15) is 0 Å². The Bertz CT molecular complexity index is 698. The third kappa shape index (κ3) is 5.70. The molecule has 0 unspecified atom stereocenters. The molecule has 0 aliphatic heterocycles. The average Bonchev–Trinajstić information content (AvgIpc) is 2.65. The van der Waals surface area contributed by atoms with Crippen molar-refractivity contribution in [2.24, 2.45) is 0 Å². The highest BCUT2D eigenvalue weighted by molar-refractivity contribution is 6.08. The molecule has 0 heterocycles. The smallest absolute Gasteiger partial charge is 0.348 e. The Morgan fingerprint density at radius 2 is 1.50 bits per heavy atom. The van der Waals surface area contributed by atoms with Gasteiger partial charge in [0.25, 0.3) is 5.54 Å². The lowest BCUT2D eigenvalue weighted by Crippen LogP contribution is -2.58. The minimum absolute atomic E-state index is 0.0153. The minimum atomic E-state index is -2.21. The Morgan fingerprint density at radius 1 is 0.929 bits per heavy atom. The highest BCUT2D eigenvalue weighted by Crippen LogP contribution is 2.28. The van der Waals surface area contributed by atoms with Crippen LogP contribution in [0.4, 0.5) is 0 Å². The molecule has 1 N–H and O–H groups in total. The first-order valence-corrected chi connectivity index (χ1v) is 8.83. The molecule has 0 spiro atoms. The van der Waals surface area contributed by atoms with Gasteiger partial charge >= 0.3 is 17.9 Å². The zero-order valence-corrected chi connectivity index (χ0v) is 16.4. The number of hydrogen-bond donors (Lipinski definition) is 1. The van der Waals surface area contributed by atoms with Gasteiger partial charge in [0.2, 0.25) is 5.91 Å². The molecule has 1 aromatic carbocycles. The summed E-state index contributed by atoms with van der Waals surface area (Å²) in [5, 5.41) is 2.36. The van der Waals surface area contributed by atoms with Crippen LogP contribution in [0, 0.1) is 0 Å². The largest absolute Gasteiger partial charge is 0.482 e. The summed E-state index contributed by atoms with van der Waals surface area (Å²) in [5.74, 6) is -3.01. The quantitative estimate of drug-likeness (QED) is 0.355. The zero-order valence-electron chi connectivity index (χ0n) is 16.4. The first kappa shape index (κ1) is 22.9. The van der Waals surface area contributed by atoms with E-state index < -0.39 is 29.4 Å². The van der Waals surface area contributed by atoms with Crippen LogP contribution in [0.25, 0.3) is 0 Å². The molecule has 0 aromatic heterocycles. The van der Waals surface area contributed by atoms with Gasteiger partial charge in [-0.1, -0.05) is 12.1 Å². The maximum absolute atomic E-state index is 12.7. The maximum Gasteiger partial charge on any atom is 0.348 e. The third-order valence-electron chi connectivity index (χ3n) is 3.46. The van der Waals surface area contributed by atoms with Gasteiger partial charge in [-0.05, 0) is 32.9 Å². The number of esters is 3. The molecule has 154 valence electrons. The number of carbonyl (C=O) groups is 4. The van der Waals surface area contributed by atoms with Gasteiger partial charge in [-0.3, -0.25) is 4.79 Å². The van der Waals surface area contributed by atoms with Gasteiger partial charge in [0, 0.05) is 12.5 Å². The fourth-order valence-electron chi connectivity index (χ4n) is 2.40. The fourth-order valence-corrected chi connectivity index (χ4v) is 2.40. The maximum atomic E-state index is 12.7. The summed E-state index contributed by atoms with van der Waals surface area (Å²) in [5.41, 5.74) is -2.14. The molecule has 1 rings (SSSR count). The number of rotatable bonds is 10. The molecule has 9 nitrogen and oxygen atoms in total. The second kappa shape index (κ2) is 10.9. The van der Waals surface area contributed by atoms with E-state index in [-0.39, 0.29) is 37.7 Å². The van der Waals surface area contributed by atoms with Crippen molar-refractivity contribution in [1.82, 2.24) is 5.32 Å². The zero-order chi connectivity index (χ0) is 21.2. The monoisotopic (exact) mass is 395 g/mol. The van der Waals surface area contributed by atoms with E-state index in [9.17, 15) is 19.2 Å². The van der Waals surface area contributed by atoms with E-state index in [1.165, 1.54) is 24.3 Å². The molecule has 0 saturated heterocycles. The van der Waals surface area contributed by atoms with Gasteiger partial charge in [0.05, 0.1) is 19.8 Å². The van der Waals surface area contributed by atoms with E-state index in [4.69, 9.17) is 18.9 Å². The molecule has 0 fully saturated rings. The van der Waals surface area contributed by atoms with E-state index in [0.717, 1.165) is 6.92 Å². The van der Waals surface area contributed by atoms with Crippen LogP contribution >= 0.6 is 0 Å². The summed E-state index contributed by atoms with van der Waals surface area (Å²) in [6.07, 6.45) is 0. The SMILES string of the molecule is CCOC(=O)COc1cccc(C(NC(C)=O)(C(=O)OCC)C(=O)OCC)c1. The lowest BCUT2D eigenvalue weighted by Gasteiger charge is -2.30. The molecule has 28 heavy (non-hydrogen) atoms. The average molecular weight is 395 g/mol. The van der Waals surface area contributed by atoms with Crippen LogP contribution in [-0.4, -0.2) is 50.2 Å². The predicted molar refractivity (Wildman–Crippen MR) is 97.3 cm³/mol. The molecule has 9 heteroatoms. The minimum Gasteiger partial charge on any atom is -0.482 e. The van der Waals surface area contributed by atoms with Crippen molar-refractivity contribution in [2.75, 3.05) is 26.4 Å². The summed E-state index contributed by atoms with van der Waals surface area (Å²) in [6.45, 7) is 5.79. The van der Waals surface area contributed by atoms with E-state index in [2.05, 4.69) is 5.32 Å². The van der Waals surface area contributed by atoms with E-state index >= 15 is 0 Å². The second-order valence-electron chi connectivity index (χ2n) is 5.49. The molecule has 0 saturated carbocycles. The van der Waals surface area contributed by atoms with Crippen LogP contribution in [0.15, 0.2) is 24.3 Å². The summed E-state index contributed by atoms with van der Waals surface area (Å²) in [4.78, 5) is 48.7. The molecule has 1 amide bonds. The highest BCUT2D eigenvalue weighted by Gasteiger charge is 2.52. The summed E-state index contributed by atoms with van der Waals surface area (Å²) in [7, 11) is 0. The first-order valence-electron chi connectivity index (χ1n) is 8.83. The van der Waals surface area contributed by atoms with Crippen molar-refractivity contribution in [3.05, 3.63) is 29.8 Å². The van der Waals surface area contributed by atoms with Crippen LogP contribution in [-0.2, 0) is 38.9 Å². The summed E-state index contributed by atoms with van der Waals surface area (Å²) in [6, 6.07) is 5.83. The summed E-state index contributed by atoms with van der Waals surface area (Å²) >= 11 is 0. The molecule has 0 bridgehead atoms. The lowest BCUT2D eigenvalue weighted by molar-refractivity contribution is -0.168. The molecule has 0 radical (unpaired) electrons. The van der Waals surface area contributed by atoms with E-state index in [1.807, 2.05) is 0 Å². The summed E-state index contributed by atoms with van der Waals surface area (Å²) < 4.78 is 20.2. The van der Waals surface area contributed by atoms with Crippen molar-refractivity contribution >= 4 is 23.8 Å². The molecule has 0 aliphatic carbocycles. The molecule has 0 atom stereocenters. The molecule has 1 aromatic rings. The van der Waals surface area contributed by atoms with Crippen molar-refractivity contribution in [1.29, 1.82) is 0 Å².